The Morgan fingerprint density at radius 2 is 2.10 bits per heavy atom. The number of nitrogens with one attached hydrogen (secondary N) is 2. The Kier molecular flexibility index (Phi) is 2.83. The molecule has 1 aromatic carbocycles. The molecule has 6 heteroatoms. The van der Waals surface area contributed by atoms with Crippen LogP contribution >= 0.6 is 0 Å². The van der Waals surface area contributed by atoms with E-state index in [9.17, 15) is 8.78 Å². The first kappa shape index (κ1) is 12.6. The molecule has 0 spiro atoms. The van der Waals surface area contributed by atoms with Gasteiger partial charge in [0.1, 0.15) is 17.5 Å². The second-order valence-electron chi connectivity index (χ2n) is 5.55. The smallest absolute Gasteiger partial charge is 0.153 e. The molecule has 21 heavy (non-hydrogen) atoms. The number of benzene rings is 1. The molecular formula is C15H16F2N4. The maximum absolute atomic E-state index is 14.1. The summed E-state index contributed by atoms with van der Waals surface area (Å²) in [6, 6.07) is 3.36. The number of hydrogen-bond acceptors (Lipinski definition) is 3. The summed E-state index contributed by atoms with van der Waals surface area (Å²) in [6.07, 6.45) is 2.71. The molecule has 0 bridgehead atoms. The van der Waals surface area contributed by atoms with Crippen molar-refractivity contribution < 1.29 is 8.78 Å². The highest BCUT2D eigenvalue weighted by Crippen LogP contribution is 2.37. The molecule has 4 rings (SSSR count). The molecule has 3 heterocycles. The highest BCUT2D eigenvalue weighted by atomic mass is 19.1. The Labute approximate surface area is 121 Å². The summed E-state index contributed by atoms with van der Waals surface area (Å²) in [4.78, 5) is 0. The molecule has 2 aliphatic heterocycles. The van der Waals surface area contributed by atoms with Gasteiger partial charge in [-0.3, -0.25) is 0 Å². The molecule has 0 fully saturated rings. The predicted octanol–water partition coefficient (Wildman–Crippen LogP) is 2.92. The van der Waals surface area contributed by atoms with Gasteiger partial charge in [0.15, 0.2) is 5.82 Å². The average molecular weight is 290 g/mol. The molecule has 1 aromatic heterocycles. The molecule has 2 N–H and O–H groups in total. The normalized spacial score (nSPS) is 20.2. The Hall–Kier alpha value is -2.11. The SMILES string of the molecule is Fc1ccc(F)c(C2CCNc3c4c(nn32)NCCC4)c1. The van der Waals surface area contributed by atoms with Crippen LogP contribution in [0.5, 0.6) is 0 Å². The number of hydrogen-bond donors (Lipinski definition) is 2. The minimum atomic E-state index is -0.415. The molecule has 1 atom stereocenters. The molecule has 0 aliphatic carbocycles. The topological polar surface area (TPSA) is 41.9 Å². The Bertz CT molecular complexity index is 695. The van der Waals surface area contributed by atoms with Crippen LogP contribution in [0.25, 0.3) is 0 Å². The average Bonchev–Trinajstić information content (AvgIpc) is 2.88. The molecular weight excluding hydrogens is 274 g/mol. The van der Waals surface area contributed by atoms with Crippen molar-refractivity contribution in [1.29, 1.82) is 0 Å². The minimum absolute atomic E-state index is 0.260. The highest BCUT2D eigenvalue weighted by Gasteiger charge is 2.30. The van der Waals surface area contributed by atoms with Gasteiger partial charge in [0.2, 0.25) is 0 Å². The van der Waals surface area contributed by atoms with E-state index in [1.54, 1.807) is 0 Å². The quantitative estimate of drug-likeness (QED) is 0.848. The van der Waals surface area contributed by atoms with Crippen molar-refractivity contribution in [2.45, 2.75) is 25.3 Å². The number of nitrogens with zero attached hydrogens (tertiary/aromatic N) is 2. The van der Waals surface area contributed by atoms with Crippen molar-refractivity contribution >= 4 is 11.6 Å². The summed E-state index contributed by atoms with van der Waals surface area (Å²) in [7, 11) is 0. The lowest BCUT2D eigenvalue weighted by Gasteiger charge is -2.27. The van der Waals surface area contributed by atoms with Gasteiger partial charge in [-0.25, -0.2) is 13.5 Å². The van der Waals surface area contributed by atoms with E-state index < -0.39 is 5.82 Å². The number of aromatic nitrogens is 2. The van der Waals surface area contributed by atoms with Crippen molar-refractivity contribution in [3.05, 3.63) is 41.0 Å². The molecule has 0 saturated carbocycles. The lowest BCUT2D eigenvalue weighted by Crippen LogP contribution is -2.25. The number of fused-ring (bicyclic) bond motifs is 3. The van der Waals surface area contributed by atoms with Crippen LogP contribution in [-0.4, -0.2) is 22.9 Å². The van der Waals surface area contributed by atoms with Gasteiger partial charge in [0, 0.05) is 24.2 Å². The van der Waals surface area contributed by atoms with Crippen LogP contribution in [0.3, 0.4) is 0 Å². The van der Waals surface area contributed by atoms with E-state index in [-0.39, 0.29) is 11.9 Å². The molecule has 4 nitrogen and oxygen atoms in total. The van der Waals surface area contributed by atoms with E-state index in [1.807, 2.05) is 4.68 Å². The van der Waals surface area contributed by atoms with E-state index in [0.29, 0.717) is 12.0 Å². The molecule has 0 saturated heterocycles. The van der Waals surface area contributed by atoms with Crippen molar-refractivity contribution in [3.63, 3.8) is 0 Å². The zero-order valence-electron chi connectivity index (χ0n) is 11.5. The largest absolute Gasteiger partial charge is 0.370 e. The van der Waals surface area contributed by atoms with Gasteiger partial charge in [0.05, 0.1) is 6.04 Å². The molecule has 110 valence electrons. The van der Waals surface area contributed by atoms with Crippen LogP contribution in [0.2, 0.25) is 0 Å². The first-order chi connectivity index (χ1) is 10.2. The van der Waals surface area contributed by atoms with Crippen LogP contribution in [0.1, 0.15) is 30.0 Å². The monoisotopic (exact) mass is 290 g/mol. The zero-order chi connectivity index (χ0) is 14.4. The lowest BCUT2D eigenvalue weighted by atomic mass is 10.0. The first-order valence-corrected chi connectivity index (χ1v) is 7.28. The van der Waals surface area contributed by atoms with Crippen LogP contribution in [0.4, 0.5) is 20.4 Å². The number of halogens is 2. The Morgan fingerprint density at radius 3 is 3.00 bits per heavy atom. The zero-order valence-corrected chi connectivity index (χ0v) is 11.5. The van der Waals surface area contributed by atoms with E-state index in [0.717, 1.165) is 49.2 Å². The van der Waals surface area contributed by atoms with E-state index in [1.165, 1.54) is 12.1 Å². The molecule has 0 radical (unpaired) electrons. The fourth-order valence-electron chi connectivity index (χ4n) is 3.24. The van der Waals surface area contributed by atoms with Crippen molar-refractivity contribution in [1.82, 2.24) is 9.78 Å². The van der Waals surface area contributed by atoms with Crippen LogP contribution in [0, 0.1) is 11.6 Å². The number of anilines is 2. The minimum Gasteiger partial charge on any atom is -0.370 e. The summed E-state index contributed by atoms with van der Waals surface area (Å²) in [5, 5.41) is 11.2. The second-order valence-corrected chi connectivity index (χ2v) is 5.55. The Balaban J connectivity index is 1.83. The van der Waals surface area contributed by atoms with E-state index in [2.05, 4.69) is 15.7 Å². The van der Waals surface area contributed by atoms with Gasteiger partial charge < -0.3 is 10.6 Å². The maximum atomic E-state index is 14.1. The third-order valence-electron chi connectivity index (χ3n) is 4.23. The van der Waals surface area contributed by atoms with Crippen molar-refractivity contribution in [2.24, 2.45) is 0 Å². The van der Waals surface area contributed by atoms with Crippen LogP contribution in [0.15, 0.2) is 18.2 Å². The summed E-state index contributed by atoms with van der Waals surface area (Å²) < 4.78 is 29.4. The summed E-state index contributed by atoms with van der Waals surface area (Å²) in [5.74, 6) is 1.02. The molecule has 2 aliphatic rings. The summed E-state index contributed by atoms with van der Waals surface area (Å²) in [5.41, 5.74) is 1.53. The van der Waals surface area contributed by atoms with Gasteiger partial charge in [-0.1, -0.05) is 0 Å². The third-order valence-corrected chi connectivity index (χ3v) is 4.23. The highest BCUT2D eigenvalue weighted by molar-refractivity contribution is 5.62. The van der Waals surface area contributed by atoms with Crippen LogP contribution < -0.4 is 10.6 Å². The number of rotatable bonds is 1. The van der Waals surface area contributed by atoms with E-state index >= 15 is 0 Å². The standard InChI is InChI=1S/C15H16F2N4/c16-9-3-4-12(17)11(8-9)13-5-7-19-15-10-2-1-6-18-14(10)20-21(13)15/h3-4,8,13,19H,1-2,5-7H2,(H,18,20). The summed E-state index contributed by atoms with van der Waals surface area (Å²) >= 11 is 0. The first-order valence-electron chi connectivity index (χ1n) is 7.28. The molecule has 0 amide bonds. The van der Waals surface area contributed by atoms with E-state index in [4.69, 9.17) is 0 Å². The predicted molar refractivity (Wildman–Crippen MR) is 76.6 cm³/mol. The Morgan fingerprint density at radius 1 is 1.19 bits per heavy atom. The van der Waals surface area contributed by atoms with Gasteiger partial charge >= 0.3 is 0 Å². The third kappa shape index (κ3) is 1.97. The van der Waals surface area contributed by atoms with Crippen molar-refractivity contribution in [2.75, 3.05) is 23.7 Å². The summed E-state index contributed by atoms with van der Waals surface area (Å²) in [6.45, 7) is 1.64. The van der Waals surface area contributed by atoms with Gasteiger partial charge in [-0.2, -0.15) is 5.10 Å². The van der Waals surface area contributed by atoms with Crippen LogP contribution in [-0.2, 0) is 6.42 Å². The fourth-order valence-corrected chi connectivity index (χ4v) is 3.24. The van der Waals surface area contributed by atoms with Gasteiger partial charge in [-0.05, 0) is 37.5 Å². The van der Waals surface area contributed by atoms with Crippen molar-refractivity contribution in [3.8, 4) is 0 Å². The lowest BCUT2D eigenvalue weighted by molar-refractivity contribution is 0.455. The maximum Gasteiger partial charge on any atom is 0.153 e. The van der Waals surface area contributed by atoms with Gasteiger partial charge in [0.25, 0.3) is 0 Å². The molecule has 2 aromatic rings. The molecule has 1 unspecified atom stereocenters. The second kappa shape index (κ2) is 4.72. The van der Waals surface area contributed by atoms with Gasteiger partial charge in [-0.15, -0.1) is 0 Å². The fraction of sp³-hybridized carbons (Fsp3) is 0.400.